The molecule has 2 aromatic rings. The van der Waals surface area contributed by atoms with Crippen LogP contribution in [0.3, 0.4) is 0 Å². The summed E-state index contributed by atoms with van der Waals surface area (Å²) in [6, 6.07) is 12.0. The molecule has 0 aliphatic carbocycles. The number of benzene rings is 2. The SMILES string of the molecule is NC(=O)[C@@H]1CCCN1Cc1cccc(NC(=O)c2cc(Cl)cc(Cl)c2)c1. The minimum Gasteiger partial charge on any atom is -0.368 e. The lowest BCUT2D eigenvalue weighted by Gasteiger charge is -2.22. The fourth-order valence-electron chi connectivity index (χ4n) is 3.21. The number of nitrogens with zero attached hydrogens (tertiary/aromatic N) is 1. The van der Waals surface area contributed by atoms with Gasteiger partial charge in [-0.25, -0.2) is 0 Å². The van der Waals surface area contributed by atoms with Crippen molar-refractivity contribution in [3.05, 3.63) is 63.6 Å². The molecule has 7 heteroatoms. The van der Waals surface area contributed by atoms with Crippen LogP contribution < -0.4 is 11.1 Å². The number of likely N-dealkylation sites (tertiary alicyclic amines) is 1. The first-order valence-corrected chi connectivity index (χ1v) is 9.08. The Morgan fingerprint density at radius 1 is 1.15 bits per heavy atom. The summed E-state index contributed by atoms with van der Waals surface area (Å²) in [7, 11) is 0. The molecule has 0 spiro atoms. The molecule has 26 heavy (non-hydrogen) atoms. The molecule has 0 unspecified atom stereocenters. The molecular weight excluding hydrogens is 373 g/mol. The number of halogens is 2. The van der Waals surface area contributed by atoms with E-state index >= 15 is 0 Å². The van der Waals surface area contributed by atoms with Crippen LogP contribution in [0.2, 0.25) is 10.0 Å². The number of primary amides is 1. The van der Waals surface area contributed by atoms with Gasteiger partial charge < -0.3 is 11.1 Å². The average Bonchev–Trinajstić information content (AvgIpc) is 3.02. The number of rotatable bonds is 5. The Hall–Kier alpha value is -2.08. The lowest BCUT2D eigenvalue weighted by molar-refractivity contribution is -0.122. The minimum atomic E-state index is -0.289. The second-order valence-electron chi connectivity index (χ2n) is 6.34. The van der Waals surface area contributed by atoms with E-state index in [1.54, 1.807) is 18.2 Å². The molecule has 1 heterocycles. The van der Waals surface area contributed by atoms with Crippen molar-refractivity contribution in [3.63, 3.8) is 0 Å². The van der Waals surface area contributed by atoms with E-state index in [4.69, 9.17) is 28.9 Å². The zero-order valence-electron chi connectivity index (χ0n) is 14.0. The van der Waals surface area contributed by atoms with Crippen molar-refractivity contribution in [2.45, 2.75) is 25.4 Å². The third-order valence-corrected chi connectivity index (χ3v) is 4.82. The fraction of sp³-hybridized carbons (Fsp3) is 0.263. The van der Waals surface area contributed by atoms with Crippen LogP contribution in [0.15, 0.2) is 42.5 Å². The van der Waals surface area contributed by atoms with Crippen LogP contribution in [0, 0.1) is 0 Å². The summed E-state index contributed by atoms with van der Waals surface area (Å²) in [6.07, 6.45) is 1.75. The van der Waals surface area contributed by atoms with E-state index in [9.17, 15) is 9.59 Å². The summed E-state index contributed by atoms with van der Waals surface area (Å²) >= 11 is 11.9. The minimum absolute atomic E-state index is 0.221. The smallest absolute Gasteiger partial charge is 0.255 e. The topological polar surface area (TPSA) is 75.4 Å². The van der Waals surface area contributed by atoms with Crippen LogP contribution in [0.5, 0.6) is 0 Å². The standard InChI is InChI=1S/C19H19Cl2N3O2/c20-14-8-13(9-15(21)10-14)19(26)23-16-4-1-3-12(7-16)11-24-6-2-5-17(24)18(22)25/h1,3-4,7-10,17H,2,5-6,11H2,(H2,22,25)(H,23,26)/t17-/m0/s1. The average molecular weight is 392 g/mol. The van der Waals surface area contributed by atoms with Gasteiger partial charge in [0.25, 0.3) is 5.91 Å². The van der Waals surface area contributed by atoms with Gasteiger partial charge in [-0.05, 0) is 55.3 Å². The summed E-state index contributed by atoms with van der Waals surface area (Å²) in [6.45, 7) is 1.45. The van der Waals surface area contributed by atoms with Gasteiger partial charge in [-0.1, -0.05) is 35.3 Å². The van der Waals surface area contributed by atoms with Gasteiger partial charge in [0.05, 0.1) is 6.04 Å². The van der Waals surface area contributed by atoms with Crippen LogP contribution in [-0.4, -0.2) is 29.3 Å². The van der Waals surface area contributed by atoms with Crippen LogP contribution in [0.1, 0.15) is 28.8 Å². The normalized spacial score (nSPS) is 17.2. The Kier molecular flexibility index (Phi) is 5.81. The van der Waals surface area contributed by atoms with E-state index in [2.05, 4.69) is 10.2 Å². The van der Waals surface area contributed by atoms with Gasteiger partial charge in [-0.15, -0.1) is 0 Å². The highest BCUT2D eigenvalue weighted by atomic mass is 35.5. The number of nitrogens with two attached hydrogens (primary N) is 1. The Bertz CT molecular complexity index is 821. The van der Waals surface area contributed by atoms with Crippen molar-refractivity contribution < 1.29 is 9.59 Å². The van der Waals surface area contributed by atoms with Crippen molar-refractivity contribution in [1.82, 2.24) is 4.90 Å². The molecule has 0 bridgehead atoms. The summed E-state index contributed by atoms with van der Waals surface area (Å²) in [4.78, 5) is 26.0. The monoisotopic (exact) mass is 391 g/mol. The van der Waals surface area contributed by atoms with Crippen molar-refractivity contribution in [2.75, 3.05) is 11.9 Å². The molecule has 1 aliphatic rings. The van der Waals surface area contributed by atoms with Crippen LogP contribution in [0.4, 0.5) is 5.69 Å². The zero-order valence-corrected chi connectivity index (χ0v) is 15.6. The molecule has 1 atom stereocenters. The van der Waals surface area contributed by atoms with E-state index in [0.717, 1.165) is 24.9 Å². The lowest BCUT2D eigenvalue weighted by Crippen LogP contribution is -2.39. The molecule has 3 rings (SSSR count). The zero-order chi connectivity index (χ0) is 18.7. The Morgan fingerprint density at radius 2 is 1.88 bits per heavy atom. The first kappa shape index (κ1) is 18.7. The molecule has 136 valence electrons. The molecule has 0 saturated carbocycles. The summed E-state index contributed by atoms with van der Waals surface area (Å²) in [5.41, 5.74) is 7.52. The maximum absolute atomic E-state index is 12.4. The van der Waals surface area contributed by atoms with Gasteiger partial charge in [0.15, 0.2) is 0 Å². The highest BCUT2D eigenvalue weighted by Gasteiger charge is 2.28. The number of amides is 2. The molecule has 5 nitrogen and oxygen atoms in total. The van der Waals surface area contributed by atoms with E-state index in [1.165, 1.54) is 0 Å². The fourth-order valence-corrected chi connectivity index (χ4v) is 3.73. The maximum atomic E-state index is 12.4. The Morgan fingerprint density at radius 3 is 2.58 bits per heavy atom. The third-order valence-electron chi connectivity index (χ3n) is 4.39. The van der Waals surface area contributed by atoms with Crippen LogP contribution in [0.25, 0.3) is 0 Å². The first-order valence-electron chi connectivity index (χ1n) is 8.32. The van der Waals surface area contributed by atoms with Gasteiger partial charge in [-0.2, -0.15) is 0 Å². The van der Waals surface area contributed by atoms with Gasteiger partial charge >= 0.3 is 0 Å². The van der Waals surface area contributed by atoms with Gasteiger partial charge in [0.2, 0.25) is 5.91 Å². The van der Waals surface area contributed by atoms with Gasteiger partial charge in [0, 0.05) is 27.8 Å². The quantitative estimate of drug-likeness (QED) is 0.815. The summed E-state index contributed by atoms with van der Waals surface area (Å²) in [5.74, 6) is -0.576. The second-order valence-corrected chi connectivity index (χ2v) is 7.22. The number of nitrogens with one attached hydrogen (secondary N) is 1. The van der Waals surface area contributed by atoms with E-state index in [-0.39, 0.29) is 17.9 Å². The van der Waals surface area contributed by atoms with E-state index < -0.39 is 0 Å². The van der Waals surface area contributed by atoms with Crippen LogP contribution in [-0.2, 0) is 11.3 Å². The molecule has 0 aromatic heterocycles. The summed E-state index contributed by atoms with van der Waals surface area (Å²) in [5, 5.41) is 3.66. The molecule has 1 aliphatic heterocycles. The molecule has 2 amide bonds. The van der Waals surface area contributed by atoms with Crippen LogP contribution >= 0.6 is 23.2 Å². The molecule has 2 aromatic carbocycles. The largest absolute Gasteiger partial charge is 0.368 e. The predicted molar refractivity (Wildman–Crippen MR) is 103 cm³/mol. The van der Waals surface area contributed by atoms with Crippen molar-refractivity contribution in [2.24, 2.45) is 5.73 Å². The Labute approximate surface area is 162 Å². The number of hydrogen-bond acceptors (Lipinski definition) is 3. The number of carbonyl (C=O) groups excluding carboxylic acids is 2. The molecular formula is C19H19Cl2N3O2. The van der Waals surface area contributed by atoms with E-state index in [0.29, 0.717) is 27.8 Å². The molecule has 1 saturated heterocycles. The maximum Gasteiger partial charge on any atom is 0.255 e. The highest BCUT2D eigenvalue weighted by Crippen LogP contribution is 2.23. The molecule has 0 radical (unpaired) electrons. The number of anilines is 1. The molecule has 1 fully saturated rings. The van der Waals surface area contributed by atoms with Crippen molar-refractivity contribution >= 4 is 40.7 Å². The lowest BCUT2D eigenvalue weighted by atomic mass is 10.1. The predicted octanol–water partition coefficient (Wildman–Crippen LogP) is 3.70. The summed E-state index contributed by atoms with van der Waals surface area (Å²) < 4.78 is 0. The first-order chi connectivity index (χ1) is 12.4. The third kappa shape index (κ3) is 4.55. The van der Waals surface area contributed by atoms with Crippen molar-refractivity contribution in [3.8, 4) is 0 Å². The Balaban J connectivity index is 1.71. The van der Waals surface area contributed by atoms with E-state index in [1.807, 2.05) is 24.3 Å². The number of hydrogen-bond donors (Lipinski definition) is 2. The highest BCUT2D eigenvalue weighted by molar-refractivity contribution is 6.35. The number of carbonyl (C=O) groups is 2. The van der Waals surface area contributed by atoms with Gasteiger partial charge in [-0.3, -0.25) is 14.5 Å². The molecule has 3 N–H and O–H groups in total. The van der Waals surface area contributed by atoms with Gasteiger partial charge in [0.1, 0.15) is 0 Å². The van der Waals surface area contributed by atoms with Crippen molar-refractivity contribution in [1.29, 1.82) is 0 Å². The second kappa shape index (κ2) is 8.08.